The molecule has 3 aliphatic carbocycles. The lowest BCUT2D eigenvalue weighted by Gasteiger charge is -2.43. The van der Waals surface area contributed by atoms with Gasteiger partial charge in [-0.15, -0.1) is 0 Å². The highest BCUT2D eigenvalue weighted by Crippen LogP contribution is 2.73. The normalized spacial score (nSPS) is 29.9. The van der Waals surface area contributed by atoms with Gasteiger partial charge in [0.25, 0.3) is 0 Å². The van der Waals surface area contributed by atoms with E-state index in [2.05, 4.69) is 18.7 Å². The number of fused-ring (bicyclic) bond motifs is 1. The molecule has 0 radical (unpaired) electrons. The molecule has 5 rings (SSSR count). The Hall–Kier alpha value is -3.20. The molecule has 0 N–H and O–H groups in total. The van der Waals surface area contributed by atoms with Crippen LogP contribution in [0.4, 0.5) is 0 Å². The first-order valence-corrected chi connectivity index (χ1v) is 13.1. The first kappa shape index (κ1) is 26.4. The Kier molecular flexibility index (Phi) is 6.62. The molecule has 206 valence electrons. The van der Waals surface area contributed by atoms with Gasteiger partial charge in [-0.05, 0) is 61.0 Å². The van der Waals surface area contributed by atoms with Gasteiger partial charge in [-0.1, -0.05) is 13.8 Å². The number of allylic oxidation sites excluding steroid dienone is 2. The van der Waals surface area contributed by atoms with E-state index in [4.69, 9.17) is 28.4 Å². The van der Waals surface area contributed by atoms with E-state index in [9.17, 15) is 9.59 Å². The summed E-state index contributed by atoms with van der Waals surface area (Å²) in [7, 11) is 7.75. The Morgan fingerprint density at radius 2 is 1.68 bits per heavy atom. The Labute approximate surface area is 223 Å². The van der Waals surface area contributed by atoms with Crippen LogP contribution in [0.15, 0.2) is 29.2 Å². The molecule has 38 heavy (non-hydrogen) atoms. The number of ketones is 1. The summed E-state index contributed by atoms with van der Waals surface area (Å²) in [6.07, 6.45) is 3.71. The summed E-state index contributed by atoms with van der Waals surface area (Å²) in [6.45, 7) is 6.23. The predicted molar refractivity (Wildman–Crippen MR) is 138 cm³/mol. The summed E-state index contributed by atoms with van der Waals surface area (Å²) in [5, 5.41) is 0. The van der Waals surface area contributed by atoms with Crippen LogP contribution in [0.25, 0.3) is 0 Å². The Bertz CT molecular complexity index is 1230. The third-order valence-electron chi connectivity index (χ3n) is 9.17. The fourth-order valence-corrected chi connectivity index (χ4v) is 7.45. The number of likely N-dealkylation sites (tertiary alicyclic amines) is 1. The zero-order chi connectivity index (χ0) is 27.4. The van der Waals surface area contributed by atoms with Gasteiger partial charge in [-0.2, -0.15) is 0 Å². The molecule has 0 unspecified atom stereocenters. The number of hydrogen-bond donors (Lipinski definition) is 0. The largest absolute Gasteiger partial charge is 0.496 e. The SMILES string of the molecule is COC1=C(OC)[C@]23C(=CC1=O)[C@H](OC(=O)CN1CCCC1)[C@H](C)[C@@]2(C)Cc1cc(OC)c(OC)c(OC)c13. The van der Waals surface area contributed by atoms with Gasteiger partial charge in [0.1, 0.15) is 6.10 Å². The molecule has 9 heteroatoms. The number of carbonyl (C=O) groups excluding carboxylic acids is 2. The molecule has 1 aliphatic heterocycles. The molecule has 0 bridgehead atoms. The number of methoxy groups -OCH3 is 5. The lowest BCUT2D eigenvalue weighted by Crippen LogP contribution is -2.45. The predicted octanol–water partition coefficient (Wildman–Crippen LogP) is 3.18. The summed E-state index contributed by atoms with van der Waals surface area (Å²) in [6, 6.07) is 1.96. The van der Waals surface area contributed by atoms with E-state index in [0.29, 0.717) is 35.0 Å². The van der Waals surface area contributed by atoms with Crippen LogP contribution in [0.2, 0.25) is 0 Å². The minimum absolute atomic E-state index is 0.128. The van der Waals surface area contributed by atoms with E-state index >= 15 is 0 Å². The van der Waals surface area contributed by atoms with E-state index in [1.807, 2.05) is 6.07 Å². The molecule has 1 spiro atoms. The summed E-state index contributed by atoms with van der Waals surface area (Å²) >= 11 is 0. The monoisotopic (exact) mass is 527 g/mol. The van der Waals surface area contributed by atoms with Crippen molar-refractivity contribution in [3.8, 4) is 17.2 Å². The summed E-state index contributed by atoms with van der Waals surface area (Å²) in [5.41, 5.74) is 0.935. The van der Waals surface area contributed by atoms with Crippen molar-refractivity contribution in [1.29, 1.82) is 0 Å². The van der Waals surface area contributed by atoms with Gasteiger partial charge in [0.15, 0.2) is 17.3 Å². The fraction of sp³-hybridized carbons (Fsp3) is 0.586. The lowest BCUT2D eigenvalue weighted by molar-refractivity contribution is -0.150. The van der Waals surface area contributed by atoms with Crippen molar-refractivity contribution in [2.45, 2.75) is 44.6 Å². The third-order valence-corrected chi connectivity index (χ3v) is 9.17. The molecule has 0 aromatic heterocycles. The summed E-state index contributed by atoms with van der Waals surface area (Å²) in [5.74, 6) is 1.22. The highest BCUT2D eigenvalue weighted by molar-refractivity contribution is 6.06. The molecule has 0 amide bonds. The number of esters is 1. The number of hydrogen-bond acceptors (Lipinski definition) is 9. The summed E-state index contributed by atoms with van der Waals surface area (Å²) < 4.78 is 35.4. The van der Waals surface area contributed by atoms with Crippen LogP contribution in [0, 0.1) is 11.3 Å². The molecule has 1 aromatic rings. The lowest BCUT2D eigenvalue weighted by atomic mass is 9.60. The van der Waals surface area contributed by atoms with Gasteiger partial charge in [-0.3, -0.25) is 14.5 Å². The van der Waals surface area contributed by atoms with Gasteiger partial charge in [-0.25, -0.2) is 0 Å². The van der Waals surface area contributed by atoms with Gasteiger partial charge in [0.05, 0.1) is 47.5 Å². The van der Waals surface area contributed by atoms with Crippen LogP contribution >= 0.6 is 0 Å². The second-order valence-corrected chi connectivity index (χ2v) is 10.7. The van der Waals surface area contributed by atoms with Crippen molar-refractivity contribution in [2.24, 2.45) is 11.3 Å². The van der Waals surface area contributed by atoms with Gasteiger partial charge < -0.3 is 28.4 Å². The second-order valence-electron chi connectivity index (χ2n) is 10.7. The molecule has 4 aliphatic rings. The zero-order valence-electron chi connectivity index (χ0n) is 23.3. The average Bonchev–Trinajstić information content (AvgIpc) is 3.55. The van der Waals surface area contributed by atoms with Crippen LogP contribution in [0.1, 0.15) is 37.8 Å². The van der Waals surface area contributed by atoms with E-state index in [1.165, 1.54) is 7.11 Å². The topological polar surface area (TPSA) is 92.8 Å². The van der Waals surface area contributed by atoms with Crippen LogP contribution < -0.4 is 14.2 Å². The van der Waals surface area contributed by atoms with E-state index in [-0.39, 0.29) is 30.0 Å². The minimum Gasteiger partial charge on any atom is -0.496 e. The smallest absolute Gasteiger partial charge is 0.320 e. The molecule has 1 saturated carbocycles. The minimum atomic E-state index is -0.987. The number of ether oxygens (including phenoxy) is 6. The first-order chi connectivity index (χ1) is 18.2. The van der Waals surface area contributed by atoms with Gasteiger partial charge in [0.2, 0.25) is 17.3 Å². The summed E-state index contributed by atoms with van der Waals surface area (Å²) in [4.78, 5) is 28.7. The highest BCUT2D eigenvalue weighted by Gasteiger charge is 2.73. The standard InChI is InChI=1S/C29H37NO8/c1-16-23(38-21(32)15-30-10-8-9-11-30)18-13-19(31)24(34-4)27(37-7)29(18)22-17(14-28(16,29)2)12-20(33-3)25(35-5)26(22)36-6/h12-13,16,23H,8-11,14-15H2,1-7H3/t16-,23+,28+,29+/m0/s1. The quantitative estimate of drug-likeness (QED) is 0.473. The first-order valence-electron chi connectivity index (χ1n) is 13.1. The third kappa shape index (κ3) is 3.33. The Balaban J connectivity index is 1.75. The highest BCUT2D eigenvalue weighted by atomic mass is 16.5. The number of rotatable bonds is 8. The molecule has 1 heterocycles. The van der Waals surface area contributed by atoms with E-state index in [1.54, 1.807) is 34.5 Å². The maximum atomic E-state index is 13.4. The Morgan fingerprint density at radius 1 is 1.00 bits per heavy atom. The van der Waals surface area contributed by atoms with Crippen molar-refractivity contribution < 1.29 is 38.0 Å². The molecule has 1 saturated heterocycles. The van der Waals surface area contributed by atoms with Crippen molar-refractivity contribution in [1.82, 2.24) is 4.90 Å². The van der Waals surface area contributed by atoms with E-state index < -0.39 is 16.9 Å². The molecular formula is C29H37NO8. The van der Waals surface area contributed by atoms with Crippen molar-refractivity contribution >= 4 is 11.8 Å². The maximum Gasteiger partial charge on any atom is 0.320 e. The molecule has 4 atom stereocenters. The second kappa shape index (κ2) is 9.52. The maximum absolute atomic E-state index is 13.4. The van der Waals surface area contributed by atoms with Crippen molar-refractivity contribution in [3.63, 3.8) is 0 Å². The van der Waals surface area contributed by atoms with Gasteiger partial charge >= 0.3 is 5.97 Å². The number of benzene rings is 1. The average molecular weight is 528 g/mol. The van der Waals surface area contributed by atoms with Crippen LogP contribution in [-0.4, -0.2) is 77.9 Å². The molecule has 9 nitrogen and oxygen atoms in total. The van der Waals surface area contributed by atoms with Crippen LogP contribution in [0.3, 0.4) is 0 Å². The van der Waals surface area contributed by atoms with Crippen LogP contribution in [0.5, 0.6) is 17.2 Å². The number of nitrogens with zero attached hydrogens (tertiary/aromatic N) is 1. The van der Waals surface area contributed by atoms with Crippen molar-refractivity contribution in [2.75, 3.05) is 55.2 Å². The van der Waals surface area contributed by atoms with E-state index in [0.717, 1.165) is 37.1 Å². The van der Waals surface area contributed by atoms with Crippen LogP contribution in [-0.2, 0) is 35.6 Å². The molecule has 1 aromatic carbocycles. The Morgan fingerprint density at radius 3 is 2.26 bits per heavy atom. The molecule has 2 fully saturated rings. The number of carbonyl (C=O) groups is 2. The molecular weight excluding hydrogens is 490 g/mol. The van der Waals surface area contributed by atoms with Crippen molar-refractivity contribution in [3.05, 3.63) is 40.4 Å². The fourth-order valence-electron chi connectivity index (χ4n) is 7.45. The van der Waals surface area contributed by atoms with Gasteiger partial charge in [0, 0.05) is 11.5 Å². The zero-order valence-corrected chi connectivity index (χ0v) is 23.3.